The molecule has 1 N–H and O–H groups in total. The molecule has 2 aromatic rings. The van der Waals surface area contributed by atoms with Crippen LogP contribution >= 0.6 is 0 Å². The third-order valence-corrected chi connectivity index (χ3v) is 5.53. The molecule has 31 heavy (non-hydrogen) atoms. The summed E-state index contributed by atoms with van der Waals surface area (Å²) < 4.78 is 0. The summed E-state index contributed by atoms with van der Waals surface area (Å²) in [6.07, 6.45) is 1.64. The van der Waals surface area contributed by atoms with E-state index in [-0.39, 0.29) is 17.9 Å². The predicted octanol–water partition coefficient (Wildman–Crippen LogP) is 5.38. The number of amides is 2. The minimum absolute atomic E-state index is 0.0141. The van der Waals surface area contributed by atoms with E-state index < -0.39 is 6.04 Å². The average molecular weight is 423 g/mol. The van der Waals surface area contributed by atoms with Gasteiger partial charge in [-0.05, 0) is 56.2 Å². The van der Waals surface area contributed by atoms with Gasteiger partial charge in [0.25, 0.3) is 0 Å². The highest BCUT2D eigenvalue weighted by atomic mass is 16.2. The van der Waals surface area contributed by atoms with Gasteiger partial charge < -0.3 is 10.2 Å². The van der Waals surface area contributed by atoms with E-state index in [4.69, 9.17) is 0 Å². The number of hydrogen-bond acceptors (Lipinski definition) is 2. The second kappa shape index (κ2) is 11.7. The van der Waals surface area contributed by atoms with E-state index in [0.717, 1.165) is 16.7 Å². The molecule has 0 saturated carbocycles. The zero-order chi connectivity index (χ0) is 23.0. The van der Waals surface area contributed by atoms with Crippen molar-refractivity contribution in [3.8, 4) is 0 Å². The van der Waals surface area contributed by atoms with Crippen LogP contribution < -0.4 is 5.32 Å². The van der Waals surface area contributed by atoms with Gasteiger partial charge in [0.15, 0.2) is 0 Å². The fourth-order valence-electron chi connectivity index (χ4n) is 3.77. The second-order valence-corrected chi connectivity index (χ2v) is 8.99. The highest BCUT2D eigenvalue weighted by Gasteiger charge is 2.28. The summed E-state index contributed by atoms with van der Waals surface area (Å²) in [5.41, 5.74) is 4.64. The van der Waals surface area contributed by atoms with Crippen molar-refractivity contribution in [2.24, 2.45) is 0 Å². The monoisotopic (exact) mass is 422 g/mol. The highest BCUT2D eigenvalue weighted by molar-refractivity contribution is 5.87. The number of aryl methyl sites for hydroxylation is 2. The molecule has 0 unspecified atom stereocenters. The van der Waals surface area contributed by atoms with Crippen LogP contribution in [0.1, 0.15) is 75.6 Å². The van der Waals surface area contributed by atoms with Crippen LogP contribution in [0.5, 0.6) is 0 Å². The quantitative estimate of drug-likeness (QED) is 0.559. The molecule has 0 aliphatic rings. The van der Waals surface area contributed by atoms with Gasteiger partial charge in [0.05, 0.1) is 0 Å². The van der Waals surface area contributed by atoms with Crippen molar-refractivity contribution in [2.45, 2.75) is 85.4 Å². The zero-order valence-electron chi connectivity index (χ0n) is 19.9. The molecule has 0 aromatic heterocycles. The standard InChI is InChI=1S/C27H38N2O2/c1-7-25(27(31)28-20(4)5)29(18-23-10-8-9-21(6)17-23)26(30)16-13-22-11-14-24(15-12-22)19(2)3/h8-12,14-15,17,19-20,25H,7,13,16,18H2,1-6H3,(H,28,31)/t25-/m0/s1. The lowest BCUT2D eigenvalue weighted by atomic mass is 10.00. The van der Waals surface area contributed by atoms with Crippen LogP contribution in [0.15, 0.2) is 48.5 Å². The third-order valence-electron chi connectivity index (χ3n) is 5.53. The van der Waals surface area contributed by atoms with Gasteiger partial charge in [0.1, 0.15) is 6.04 Å². The number of benzene rings is 2. The topological polar surface area (TPSA) is 49.4 Å². The summed E-state index contributed by atoms with van der Waals surface area (Å²) in [6.45, 7) is 12.7. The predicted molar refractivity (Wildman–Crippen MR) is 128 cm³/mol. The highest BCUT2D eigenvalue weighted by Crippen LogP contribution is 2.18. The summed E-state index contributed by atoms with van der Waals surface area (Å²) in [5.74, 6) is 0.422. The van der Waals surface area contributed by atoms with E-state index >= 15 is 0 Å². The summed E-state index contributed by atoms with van der Waals surface area (Å²) in [7, 11) is 0. The molecule has 2 aromatic carbocycles. The Labute approximate surface area is 188 Å². The van der Waals surface area contributed by atoms with Gasteiger partial charge >= 0.3 is 0 Å². The first-order valence-electron chi connectivity index (χ1n) is 11.5. The Morgan fingerprint density at radius 3 is 2.19 bits per heavy atom. The van der Waals surface area contributed by atoms with Gasteiger partial charge in [-0.1, -0.05) is 74.9 Å². The molecule has 2 rings (SSSR count). The first kappa shape index (κ1) is 24.6. The maximum atomic E-state index is 13.3. The van der Waals surface area contributed by atoms with Gasteiger partial charge in [-0.2, -0.15) is 0 Å². The molecular formula is C27H38N2O2. The molecule has 4 heteroatoms. The SMILES string of the molecule is CC[C@@H](C(=O)NC(C)C)N(Cc1cccc(C)c1)C(=O)CCc1ccc(C(C)C)cc1. The van der Waals surface area contributed by atoms with Crippen molar-refractivity contribution in [2.75, 3.05) is 0 Å². The zero-order valence-corrected chi connectivity index (χ0v) is 19.9. The molecule has 0 fully saturated rings. The Hall–Kier alpha value is -2.62. The van der Waals surface area contributed by atoms with Crippen molar-refractivity contribution >= 4 is 11.8 Å². The molecule has 0 aliphatic carbocycles. The molecule has 2 amide bonds. The molecule has 0 saturated heterocycles. The van der Waals surface area contributed by atoms with E-state index in [2.05, 4.69) is 49.5 Å². The smallest absolute Gasteiger partial charge is 0.243 e. The van der Waals surface area contributed by atoms with E-state index in [1.54, 1.807) is 4.90 Å². The van der Waals surface area contributed by atoms with Crippen LogP contribution in [0.2, 0.25) is 0 Å². The van der Waals surface area contributed by atoms with E-state index in [0.29, 0.717) is 31.7 Å². The number of hydrogen-bond donors (Lipinski definition) is 1. The van der Waals surface area contributed by atoms with Crippen molar-refractivity contribution in [3.05, 3.63) is 70.8 Å². The fourth-order valence-corrected chi connectivity index (χ4v) is 3.77. The van der Waals surface area contributed by atoms with Crippen molar-refractivity contribution in [1.82, 2.24) is 10.2 Å². The summed E-state index contributed by atoms with van der Waals surface area (Å²) >= 11 is 0. The average Bonchev–Trinajstić information content (AvgIpc) is 2.71. The molecule has 0 heterocycles. The van der Waals surface area contributed by atoms with E-state index in [1.807, 2.05) is 45.9 Å². The van der Waals surface area contributed by atoms with Crippen LogP contribution in [0.25, 0.3) is 0 Å². The van der Waals surface area contributed by atoms with E-state index in [1.165, 1.54) is 5.56 Å². The van der Waals surface area contributed by atoms with Crippen LogP contribution in [-0.4, -0.2) is 28.8 Å². The minimum Gasteiger partial charge on any atom is -0.352 e. The Kier molecular flexibility index (Phi) is 9.29. The first-order valence-corrected chi connectivity index (χ1v) is 11.5. The van der Waals surface area contributed by atoms with Gasteiger partial charge in [0, 0.05) is 19.0 Å². The number of nitrogens with one attached hydrogen (secondary N) is 1. The largest absolute Gasteiger partial charge is 0.352 e. The molecule has 1 atom stereocenters. The lowest BCUT2D eigenvalue weighted by molar-refractivity contribution is -0.141. The van der Waals surface area contributed by atoms with Crippen molar-refractivity contribution < 1.29 is 9.59 Å². The van der Waals surface area contributed by atoms with Gasteiger partial charge in [-0.3, -0.25) is 9.59 Å². The van der Waals surface area contributed by atoms with Crippen LogP contribution in [0, 0.1) is 6.92 Å². The Balaban J connectivity index is 2.18. The van der Waals surface area contributed by atoms with Crippen molar-refractivity contribution in [3.63, 3.8) is 0 Å². The van der Waals surface area contributed by atoms with Crippen LogP contribution in [0.4, 0.5) is 0 Å². The van der Waals surface area contributed by atoms with Crippen LogP contribution in [0.3, 0.4) is 0 Å². The summed E-state index contributed by atoms with van der Waals surface area (Å²) in [4.78, 5) is 27.9. The lowest BCUT2D eigenvalue weighted by Crippen LogP contribution is -2.50. The second-order valence-electron chi connectivity index (χ2n) is 8.99. The van der Waals surface area contributed by atoms with Gasteiger partial charge in [0.2, 0.25) is 11.8 Å². The number of rotatable bonds is 10. The molecule has 0 spiro atoms. The van der Waals surface area contributed by atoms with E-state index in [9.17, 15) is 9.59 Å². The molecule has 0 bridgehead atoms. The van der Waals surface area contributed by atoms with Gasteiger partial charge in [-0.25, -0.2) is 0 Å². The van der Waals surface area contributed by atoms with Crippen molar-refractivity contribution in [1.29, 1.82) is 0 Å². The normalized spacial score (nSPS) is 12.1. The first-order chi connectivity index (χ1) is 14.7. The maximum Gasteiger partial charge on any atom is 0.243 e. The minimum atomic E-state index is -0.473. The van der Waals surface area contributed by atoms with Crippen LogP contribution in [-0.2, 0) is 22.6 Å². The molecule has 4 nitrogen and oxygen atoms in total. The summed E-state index contributed by atoms with van der Waals surface area (Å²) in [6, 6.07) is 16.2. The number of carbonyl (C=O) groups is 2. The molecular weight excluding hydrogens is 384 g/mol. The Morgan fingerprint density at radius 1 is 0.968 bits per heavy atom. The Morgan fingerprint density at radius 2 is 1.65 bits per heavy atom. The Bertz CT molecular complexity index is 856. The third kappa shape index (κ3) is 7.54. The van der Waals surface area contributed by atoms with Gasteiger partial charge in [-0.15, -0.1) is 0 Å². The maximum absolute atomic E-state index is 13.3. The lowest BCUT2D eigenvalue weighted by Gasteiger charge is -2.31. The summed E-state index contributed by atoms with van der Waals surface area (Å²) in [5, 5.41) is 2.98. The molecule has 0 radical (unpaired) electrons. The molecule has 168 valence electrons. The number of carbonyl (C=O) groups excluding carboxylic acids is 2. The fraction of sp³-hybridized carbons (Fsp3) is 0.481. The number of nitrogens with zero attached hydrogens (tertiary/aromatic N) is 1. The molecule has 0 aliphatic heterocycles.